The Hall–Kier alpha value is -1.84. The van der Waals surface area contributed by atoms with Gasteiger partial charge in [-0.05, 0) is 12.1 Å². The topological polar surface area (TPSA) is 39.9 Å². The van der Waals surface area contributed by atoms with Crippen LogP contribution in [-0.2, 0) is 6.54 Å². The molecule has 0 saturated carbocycles. The van der Waals surface area contributed by atoms with E-state index in [2.05, 4.69) is 10.2 Å². The summed E-state index contributed by atoms with van der Waals surface area (Å²) in [5, 5.41) is 7.77. The zero-order valence-electron chi connectivity index (χ0n) is 8.47. The first-order valence-electron chi connectivity index (χ1n) is 4.98. The fourth-order valence-corrected chi connectivity index (χ4v) is 1.60. The second kappa shape index (κ2) is 2.83. The molecule has 2 heterocycles. The molecule has 0 fully saturated rings. The van der Waals surface area contributed by atoms with Crippen LogP contribution in [0.2, 0.25) is 0 Å². The van der Waals surface area contributed by atoms with Crippen molar-refractivity contribution in [2.24, 2.45) is 0 Å². The van der Waals surface area contributed by atoms with Crippen molar-refractivity contribution >= 4 is 0 Å². The Morgan fingerprint density at radius 2 is 2.36 bits per heavy atom. The van der Waals surface area contributed by atoms with E-state index in [9.17, 15) is 0 Å². The average Bonchev–Trinajstić information content (AvgIpc) is 2.53. The van der Waals surface area contributed by atoms with Gasteiger partial charge in [0.1, 0.15) is 20.0 Å². The van der Waals surface area contributed by atoms with E-state index in [1.54, 1.807) is 4.57 Å². The molecule has 0 N–H and O–H groups in total. The maximum absolute atomic E-state index is 7.60. The quantitative estimate of drug-likeness (QED) is 0.626. The fraction of sp³-hybridized carbons (Fsp3) is 0.200. The molecule has 1 aromatic carbocycles. The molecule has 1 aliphatic rings. The summed E-state index contributed by atoms with van der Waals surface area (Å²) in [7, 11) is 0. The molecule has 4 heteroatoms. The SMILES string of the molecule is [2H]c1nnc2n1CCOc1ccccc1-2. The number of para-hydroxylation sites is 1. The normalized spacial score (nSPS) is 14.7. The highest BCUT2D eigenvalue weighted by atomic mass is 16.5. The molecule has 3 rings (SSSR count). The zero-order valence-corrected chi connectivity index (χ0v) is 7.47. The molecular formula is C10H9N3O. The molecule has 2 aromatic rings. The lowest BCUT2D eigenvalue weighted by Crippen LogP contribution is -2.04. The molecule has 0 bridgehead atoms. The van der Waals surface area contributed by atoms with Gasteiger partial charge in [0, 0.05) is 0 Å². The summed E-state index contributed by atoms with van der Waals surface area (Å²) >= 11 is 0. The molecule has 0 aliphatic carbocycles. The first-order chi connectivity index (χ1) is 7.36. The summed E-state index contributed by atoms with van der Waals surface area (Å²) in [5.41, 5.74) is 0.904. The summed E-state index contributed by atoms with van der Waals surface area (Å²) in [6.07, 6.45) is 0.185. The molecule has 0 spiro atoms. The van der Waals surface area contributed by atoms with Crippen molar-refractivity contribution < 1.29 is 6.11 Å². The Balaban J connectivity index is 2.27. The van der Waals surface area contributed by atoms with Gasteiger partial charge >= 0.3 is 0 Å². The Morgan fingerprint density at radius 3 is 3.36 bits per heavy atom. The van der Waals surface area contributed by atoms with Crippen LogP contribution in [-0.4, -0.2) is 21.4 Å². The molecule has 0 amide bonds. The van der Waals surface area contributed by atoms with Gasteiger partial charge < -0.3 is 9.30 Å². The smallest absolute Gasteiger partial charge is 0.167 e. The summed E-state index contributed by atoms with van der Waals surface area (Å²) < 4.78 is 14.9. The Kier molecular flexibility index (Phi) is 1.33. The number of benzene rings is 1. The van der Waals surface area contributed by atoms with Crippen LogP contribution in [0, 0.1) is 0 Å². The monoisotopic (exact) mass is 188 g/mol. The number of fused-ring (bicyclic) bond motifs is 3. The van der Waals surface area contributed by atoms with E-state index in [0.717, 1.165) is 11.3 Å². The van der Waals surface area contributed by atoms with Crippen molar-refractivity contribution in [3.63, 3.8) is 0 Å². The van der Waals surface area contributed by atoms with Gasteiger partial charge in [0.2, 0.25) is 0 Å². The van der Waals surface area contributed by atoms with Gasteiger partial charge in [-0.15, -0.1) is 10.2 Å². The van der Waals surface area contributed by atoms with Gasteiger partial charge in [0.25, 0.3) is 0 Å². The van der Waals surface area contributed by atoms with Gasteiger partial charge in [-0.1, -0.05) is 12.1 Å². The van der Waals surface area contributed by atoms with E-state index in [4.69, 9.17) is 6.11 Å². The second-order valence-corrected chi connectivity index (χ2v) is 3.12. The lowest BCUT2D eigenvalue weighted by Gasteiger charge is -2.03. The van der Waals surface area contributed by atoms with Crippen LogP contribution in [0.5, 0.6) is 5.75 Å². The van der Waals surface area contributed by atoms with E-state index in [0.29, 0.717) is 19.0 Å². The second-order valence-electron chi connectivity index (χ2n) is 3.12. The predicted molar refractivity (Wildman–Crippen MR) is 51.0 cm³/mol. The van der Waals surface area contributed by atoms with E-state index >= 15 is 0 Å². The molecule has 1 aliphatic heterocycles. The number of rotatable bonds is 0. The molecular weight excluding hydrogens is 178 g/mol. The summed E-state index contributed by atoms with van der Waals surface area (Å²) in [6, 6.07) is 7.69. The molecule has 4 nitrogen and oxygen atoms in total. The largest absolute Gasteiger partial charge is 0.491 e. The van der Waals surface area contributed by atoms with Gasteiger partial charge in [-0.2, -0.15) is 0 Å². The molecule has 0 radical (unpaired) electrons. The molecule has 0 atom stereocenters. The molecule has 14 heavy (non-hydrogen) atoms. The number of aromatic nitrogens is 3. The third-order valence-corrected chi connectivity index (χ3v) is 2.27. The fourth-order valence-electron chi connectivity index (χ4n) is 1.60. The number of ether oxygens (including phenoxy) is 1. The third-order valence-electron chi connectivity index (χ3n) is 2.27. The summed E-state index contributed by atoms with van der Waals surface area (Å²) in [5.74, 6) is 1.52. The number of nitrogens with zero attached hydrogens (tertiary/aromatic N) is 3. The minimum atomic E-state index is 0.185. The van der Waals surface area contributed by atoms with Crippen LogP contribution in [0.1, 0.15) is 1.37 Å². The van der Waals surface area contributed by atoms with Crippen molar-refractivity contribution in [2.75, 3.05) is 6.61 Å². The minimum absolute atomic E-state index is 0.185. The average molecular weight is 188 g/mol. The van der Waals surface area contributed by atoms with Crippen LogP contribution in [0.25, 0.3) is 11.4 Å². The predicted octanol–water partition coefficient (Wildman–Crippen LogP) is 1.34. The van der Waals surface area contributed by atoms with Crippen molar-refractivity contribution in [2.45, 2.75) is 6.54 Å². The highest BCUT2D eigenvalue weighted by molar-refractivity contribution is 5.64. The van der Waals surface area contributed by atoms with Gasteiger partial charge in [-0.3, -0.25) is 0 Å². The van der Waals surface area contributed by atoms with Crippen molar-refractivity contribution in [3.05, 3.63) is 30.6 Å². The van der Waals surface area contributed by atoms with E-state index in [1.807, 2.05) is 24.3 Å². The summed E-state index contributed by atoms with van der Waals surface area (Å²) in [6.45, 7) is 1.17. The van der Waals surface area contributed by atoms with Gasteiger partial charge in [-0.25, -0.2) is 0 Å². The molecule has 1 aromatic heterocycles. The lowest BCUT2D eigenvalue weighted by molar-refractivity contribution is 0.306. The van der Waals surface area contributed by atoms with Crippen molar-refractivity contribution in [1.29, 1.82) is 0 Å². The number of hydrogen-bond donors (Lipinski definition) is 0. The minimum Gasteiger partial charge on any atom is -0.491 e. The molecule has 70 valence electrons. The van der Waals surface area contributed by atoms with Crippen LogP contribution in [0.15, 0.2) is 30.6 Å². The highest BCUT2D eigenvalue weighted by Gasteiger charge is 2.15. The van der Waals surface area contributed by atoms with Crippen molar-refractivity contribution in [3.8, 4) is 17.1 Å². The first kappa shape index (κ1) is 6.59. The van der Waals surface area contributed by atoms with Crippen LogP contribution in [0.3, 0.4) is 0 Å². The zero-order chi connectivity index (χ0) is 10.3. The highest BCUT2D eigenvalue weighted by Crippen LogP contribution is 2.29. The Labute approximate surface area is 82.6 Å². The standard InChI is InChI=1S/C10H9N3O/c1-2-4-9-8(3-1)10-12-11-7-13(10)5-6-14-9/h1-4,7H,5-6H2/i7D. The maximum Gasteiger partial charge on any atom is 0.167 e. The van der Waals surface area contributed by atoms with Crippen LogP contribution >= 0.6 is 0 Å². The lowest BCUT2D eigenvalue weighted by atomic mass is 10.2. The molecule has 0 saturated heterocycles. The van der Waals surface area contributed by atoms with Gasteiger partial charge in [0.05, 0.1) is 12.1 Å². The number of hydrogen-bond acceptors (Lipinski definition) is 3. The Morgan fingerprint density at radius 1 is 1.43 bits per heavy atom. The van der Waals surface area contributed by atoms with Crippen molar-refractivity contribution in [1.82, 2.24) is 14.8 Å². The van der Waals surface area contributed by atoms with E-state index in [-0.39, 0.29) is 6.30 Å². The van der Waals surface area contributed by atoms with E-state index in [1.165, 1.54) is 0 Å². The Bertz CT molecular complexity index is 509. The van der Waals surface area contributed by atoms with Gasteiger partial charge in [0.15, 0.2) is 5.82 Å². The maximum atomic E-state index is 7.60. The molecule has 0 unspecified atom stereocenters. The third kappa shape index (κ3) is 1.00. The summed E-state index contributed by atoms with van der Waals surface area (Å²) in [4.78, 5) is 0. The van der Waals surface area contributed by atoms with Crippen LogP contribution < -0.4 is 4.74 Å². The first-order valence-corrected chi connectivity index (χ1v) is 4.48. The van der Waals surface area contributed by atoms with Crippen LogP contribution in [0.4, 0.5) is 0 Å². The van der Waals surface area contributed by atoms with E-state index < -0.39 is 0 Å².